The fourth-order valence-electron chi connectivity index (χ4n) is 3.38. The van der Waals surface area contributed by atoms with Gasteiger partial charge in [0.1, 0.15) is 23.3 Å². The predicted octanol–water partition coefficient (Wildman–Crippen LogP) is 7.09. The minimum atomic E-state index is -0.650. The van der Waals surface area contributed by atoms with Crippen LogP contribution in [-0.2, 0) is 16.1 Å². The SMILES string of the molecule is CCOC(=O)c1c(NC(=O)C(C#N)=Cc2cc(Br)c(OCc3ccccc3Cl)c(OC)c2)sc(C)c1C. The maximum atomic E-state index is 13.0. The van der Waals surface area contributed by atoms with Crippen LogP contribution in [0.5, 0.6) is 11.5 Å². The van der Waals surface area contributed by atoms with Gasteiger partial charge in [-0.15, -0.1) is 11.3 Å². The third kappa shape index (κ3) is 6.72. The van der Waals surface area contributed by atoms with Gasteiger partial charge in [0.15, 0.2) is 11.5 Å². The number of ether oxygens (including phenoxy) is 3. The molecular formula is C27H24BrClN2O5S. The van der Waals surface area contributed by atoms with Crippen molar-refractivity contribution < 1.29 is 23.8 Å². The van der Waals surface area contributed by atoms with Crippen molar-refractivity contribution in [3.63, 3.8) is 0 Å². The van der Waals surface area contributed by atoms with Gasteiger partial charge in [0.2, 0.25) is 0 Å². The first-order valence-electron chi connectivity index (χ1n) is 11.1. The number of hydrogen-bond acceptors (Lipinski definition) is 7. The second-order valence-electron chi connectivity index (χ2n) is 7.75. The lowest BCUT2D eigenvalue weighted by atomic mass is 10.1. The monoisotopic (exact) mass is 602 g/mol. The summed E-state index contributed by atoms with van der Waals surface area (Å²) in [5, 5.41) is 13.3. The van der Waals surface area contributed by atoms with Crippen molar-refractivity contribution in [2.24, 2.45) is 0 Å². The van der Waals surface area contributed by atoms with Gasteiger partial charge in [-0.05, 0) is 72.1 Å². The van der Waals surface area contributed by atoms with Gasteiger partial charge in [-0.25, -0.2) is 4.79 Å². The molecule has 0 saturated heterocycles. The highest BCUT2D eigenvalue weighted by Gasteiger charge is 2.23. The highest BCUT2D eigenvalue weighted by atomic mass is 79.9. The molecule has 0 aliphatic rings. The number of amides is 1. The fraction of sp³-hybridized carbons (Fsp3) is 0.222. The molecule has 37 heavy (non-hydrogen) atoms. The molecule has 0 fully saturated rings. The summed E-state index contributed by atoms with van der Waals surface area (Å²) in [5.41, 5.74) is 2.20. The number of anilines is 1. The molecule has 0 radical (unpaired) electrons. The summed E-state index contributed by atoms with van der Waals surface area (Å²) >= 11 is 11.0. The van der Waals surface area contributed by atoms with Crippen LogP contribution in [0.25, 0.3) is 6.08 Å². The Bertz CT molecular complexity index is 1410. The van der Waals surface area contributed by atoms with Crippen LogP contribution in [0.4, 0.5) is 5.00 Å². The molecule has 192 valence electrons. The van der Waals surface area contributed by atoms with E-state index in [1.54, 1.807) is 32.0 Å². The van der Waals surface area contributed by atoms with E-state index in [9.17, 15) is 14.9 Å². The lowest BCUT2D eigenvalue weighted by Gasteiger charge is -2.14. The molecule has 0 atom stereocenters. The van der Waals surface area contributed by atoms with Crippen LogP contribution in [0.1, 0.15) is 38.8 Å². The lowest BCUT2D eigenvalue weighted by molar-refractivity contribution is -0.112. The Hall–Kier alpha value is -3.32. The van der Waals surface area contributed by atoms with Gasteiger partial charge in [-0.1, -0.05) is 29.8 Å². The van der Waals surface area contributed by atoms with Gasteiger partial charge in [0.05, 0.1) is 23.8 Å². The highest BCUT2D eigenvalue weighted by Crippen LogP contribution is 2.38. The molecule has 0 unspecified atom stereocenters. The Labute approximate surface area is 232 Å². The highest BCUT2D eigenvalue weighted by molar-refractivity contribution is 9.10. The molecule has 3 aromatic rings. The second-order valence-corrected chi connectivity index (χ2v) is 10.2. The predicted molar refractivity (Wildman–Crippen MR) is 148 cm³/mol. The Morgan fingerprint density at radius 3 is 2.62 bits per heavy atom. The van der Waals surface area contributed by atoms with Crippen molar-refractivity contribution in [2.45, 2.75) is 27.4 Å². The van der Waals surface area contributed by atoms with Crippen LogP contribution < -0.4 is 14.8 Å². The summed E-state index contributed by atoms with van der Waals surface area (Å²) in [4.78, 5) is 26.3. The van der Waals surface area contributed by atoms with Crippen LogP contribution in [0.2, 0.25) is 5.02 Å². The van der Waals surface area contributed by atoms with E-state index in [1.165, 1.54) is 24.5 Å². The number of halogens is 2. The van der Waals surface area contributed by atoms with E-state index >= 15 is 0 Å². The van der Waals surface area contributed by atoms with E-state index in [0.29, 0.717) is 37.1 Å². The van der Waals surface area contributed by atoms with Crippen molar-refractivity contribution in [3.05, 3.63) is 78.6 Å². The van der Waals surface area contributed by atoms with E-state index in [2.05, 4.69) is 21.2 Å². The minimum absolute atomic E-state index is 0.155. The standard InChI is InChI=1S/C27H24BrClN2O5S/c1-5-35-27(33)23-15(2)16(3)37-26(23)31-25(32)19(13-30)10-17-11-20(28)24(22(12-17)34-4)36-14-18-8-6-7-9-21(18)29/h6-12H,5,14H2,1-4H3,(H,31,32). The average Bonchev–Trinajstić information content (AvgIpc) is 3.14. The fourth-order valence-corrected chi connectivity index (χ4v) is 5.19. The smallest absolute Gasteiger partial charge is 0.341 e. The molecule has 0 spiro atoms. The van der Waals surface area contributed by atoms with E-state index in [-0.39, 0.29) is 18.8 Å². The van der Waals surface area contributed by atoms with Gasteiger partial charge >= 0.3 is 5.97 Å². The Morgan fingerprint density at radius 2 is 1.97 bits per heavy atom. The van der Waals surface area contributed by atoms with Gasteiger partial charge in [-0.3, -0.25) is 4.79 Å². The molecule has 0 aliphatic carbocycles. The first kappa shape index (κ1) is 28.3. The number of aryl methyl sites for hydroxylation is 1. The third-order valence-corrected chi connectivity index (χ3v) is 7.43. The molecule has 1 amide bonds. The van der Waals surface area contributed by atoms with Crippen molar-refractivity contribution in [3.8, 4) is 17.6 Å². The van der Waals surface area contributed by atoms with E-state index in [4.69, 9.17) is 25.8 Å². The zero-order valence-electron chi connectivity index (χ0n) is 20.6. The minimum Gasteiger partial charge on any atom is -0.493 e. The Kier molecular flexibility index (Phi) is 9.75. The first-order chi connectivity index (χ1) is 17.7. The number of rotatable bonds is 9. The van der Waals surface area contributed by atoms with Gasteiger partial charge in [0.25, 0.3) is 5.91 Å². The van der Waals surface area contributed by atoms with Crippen LogP contribution in [-0.4, -0.2) is 25.6 Å². The molecular weight excluding hydrogens is 580 g/mol. The molecule has 1 aromatic heterocycles. The van der Waals surface area contributed by atoms with E-state index in [1.807, 2.05) is 31.2 Å². The van der Waals surface area contributed by atoms with Crippen molar-refractivity contribution in [1.29, 1.82) is 5.26 Å². The molecule has 0 saturated carbocycles. The molecule has 0 bridgehead atoms. The number of benzene rings is 2. The summed E-state index contributed by atoms with van der Waals surface area (Å²) in [6.07, 6.45) is 1.43. The topological polar surface area (TPSA) is 97.7 Å². The first-order valence-corrected chi connectivity index (χ1v) is 13.1. The molecule has 3 rings (SSSR count). The molecule has 7 nitrogen and oxygen atoms in total. The maximum Gasteiger partial charge on any atom is 0.341 e. The van der Waals surface area contributed by atoms with Crippen LogP contribution in [0.15, 0.2) is 46.4 Å². The zero-order chi connectivity index (χ0) is 27.1. The van der Waals surface area contributed by atoms with Crippen LogP contribution in [0, 0.1) is 25.2 Å². The number of carbonyl (C=O) groups excluding carboxylic acids is 2. The summed E-state index contributed by atoms with van der Waals surface area (Å²) in [6, 6.07) is 12.6. The van der Waals surface area contributed by atoms with E-state index in [0.717, 1.165) is 16.0 Å². The number of carbonyl (C=O) groups is 2. The van der Waals surface area contributed by atoms with Gasteiger partial charge < -0.3 is 19.5 Å². The summed E-state index contributed by atoms with van der Waals surface area (Å²) < 4.78 is 17.1. The van der Waals surface area contributed by atoms with Crippen LogP contribution >= 0.6 is 38.9 Å². The van der Waals surface area contributed by atoms with Gasteiger partial charge in [0, 0.05) is 15.5 Å². The average molecular weight is 604 g/mol. The number of nitrogens with one attached hydrogen (secondary N) is 1. The van der Waals surface area contributed by atoms with Crippen molar-refractivity contribution in [1.82, 2.24) is 0 Å². The van der Waals surface area contributed by atoms with Crippen molar-refractivity contribution >= 4 is 61.8 Å². The third-order valence-electron chi connectivity index (χ3n) is 5.35. The summed E-state index contributed by atoms with van der Waals surface area (Å²) in [6.45, 7) is 5.77. The molecule has 0 aliphatic heterocycles. The van der Waals surface area contributed by atoms with Crippen LogP contribution in [0.3, 0.4) is 0 Å². The number of hydrogen-bond donors (Lipinski definition) is 1. The van der Waals surface area contributed by atoms with E-state index < -0.39 is 11.9 Å². The number of nitrogens with zero attached hydrogens (tertiary/aromatic N) is 1. The summed E-state index contributed by atoms with van der Waals surface area (Å²) in [7, 11) is 1.49. The zero-order valence-corrected chi connectivity index (χ0v) is 23.8. The number of nitriles is 1. The normalized spacial score (nSPS) is 11.0. The van der Waals surface area contributed by atoms with Gasteiger partial charge in [-0.2, -0.15) is 5.26 Å². The molecule has 1 N–H and O–H groups in total. The van der Waals surface area contributed by atoms with Crippen molar-refractivity contribution in [2.75, 3.05) is 19.0 Å². The quantitative estimate of drug-likeness (QED) is 0.159. The molecule has 2 aromatic carbocycles. The number of methoxy groups -OCH3 is 1. The number of thiophene rings is 1. The largest absolute Gasteiger partial charge is 0.493 e. The molecule has 1 heterocycles. The lowest BCUT2D eigenvalue weighted by Crippen LogP contribution is -2.16. The Balaban J connectivity index is 1.87. The second kappa shape index (κ2) is 12.8. The maximum absolute atomic E-state index is 13.0. The Morgan fingerprint density at radius 1 is 1.24 bits per heavy atom. The number of esters is 1. The summed E-state index contributed by atoms with van der Waals surface area (Å²) in [5.74, 6) is -0.322. The molecule has 10 heteroatoms.